The van der Waals surface area contributed by atoms with E-state index < -0.39 is 0 Å². The van der Waals surface area contributed by atoms with E-state index in [9.17, 15) is 4.79 Å². The zero-order valence-electron chi connectivity index (χ0n) is 16.6. The molecule has 0 saturated heterocycles. The van der Waals surface area contributed by atoms with Crippen LogP contribution < -0.4 is 9.64 Å². The molecule has 0 spiro atoms. The van der Waals surface area contributed by atoms with E-state index in [2.05, 4.69) is 18.4 Å². The zero-order chi connectivity index (χ0) is 19.5. The first-order chi connectivity index (χ1) is 13.2. The summed E-state index contributed by atoms with van der Waals surface area (Å²) in [7, 11) is 0. The normalized spacial score (nSPS) is 11.6. The van der Waals surface area contributed by atoms with E-state index in [1.54, 1.807) is 0 Å². The highest BCUT2D eigenvalue weighted by atomic mass is 16.5. The molecule has 0 N–H and O–H groups in total. The first-order valence-corrected chi connectivity index (χ1v) is 9.89. The fraction of sp³-hybridized carbons (Fsp3) is 0.375. The molecule has 0 unspecified atom stereocenters. The molecule has 0 aliphatic heterocycles. The second-order valence-electron chi connectivity index (χ2n) is 6.80. The van der Waals surface area contributed by atoms with Crippen LogP contribution in [-0.2, 0) is 4.79 Å². The number of unbranched alkanes of at least 4 members (excludes halogenated alkanes) is 3. The molecular formula is C24H31NO2. The standard InChI is InChI=1S/C24H31NO2/c1-4-6-7-11-14-24(26)20(3)25(19-5-2)21-15-17-23(18-16-21)27-22-12-9-8-10-13-22/h5,8-10,12-13,15-18,20H,2,4,6-7,11,14,19H2,1,3H3/t20-/m0/s1. The first kappa shape index (κ1) is 20.8. The van der Waals surface area contributed by atoms with Gasteiger partial charge in [0.05, 0.1) is 6.04 Å². The molecule has 0 heterocycles. The second-order valence-corrected chi connectivity index (χ2v) is 6.80. The smallest absolute Gasteiger partial charge is 0.154 e. The van der Waals surface area contributed by atoms with Crippen molar-refractivity contribution in [3.63, 3.8) is 0 Å². The Morgan fingerprint density at radius 2 is 1.70 bits per heavy atom. The number of ether oxygens (including phenoxy) is 1. The van der Waals surface area contributed by atoms with Gasteiger partial charge >= 0.3 is 0 Å². The van der Waals surface area contributed by atoms with Crippen molar-refractivity contribution in [1.29, 1.82) is 0 Å². The van der Waals surface area contributed by atoms with Crippen LogP contribution in [0.4, 0.5) is 5.69 Å². The van der Waals surface area contributed by atoms with E-state index in [0.717, 1.165) is 30.0 Å². The lowest BCUT2D eigenvalue weighted by Crippen LogP contribution is -2.39. The van der Waals surface area contributed by atoms with Gasteiger partial charge in [0.25, 0.3) is 0 Å². The summed E-state index contributed by atoms with van der Waals surface area (Å²) in [5.74, 6) is 1.88. The maximum absolute atomic E-state index is 12.6. The SMILES string of the molecule is C=CCN(c1ccc(Oc2ccccc2)cc1)[C@@H](C)C(=O)CCCCCC. The molecule has 0 aromatic heterocycles. The van der Waals surface area contributed by atoms with Crippen molar-refractivity contribution < 1.29 is 9.53 Å². The molecule has 144 valence electrons. The minimum atomic E-state index is -0.162. The summed E-state index contributed by atoms with van der Waals surface area (Å²) < 4.78 is 5.85. The Morgan fingerprint density at radius 1 is 1.04 bits per heavy atom. The van der Waals surface area contributed by atoms with E-state index in [0.29, 0.717) is 13.0 Å². The van der Waals surface area contributed by atoms with Crippen molar-refractivity contribution in [2.75, 3.05) is 11.4 Å². The fourth-order valence-electron chi connectivity index (χ4n) is 3.07. The van der Waals surface area contributed by atoms with Gasteiger partial charge in [0.2, 0.25) is 0 Å². The Kier molecular flexibility index (Phi) is 8.63. The van der Waals surface area contributed by atoms with Crippen molar-refractivity contribution >= 4 is 11.5 Å². The van der Waals surface area contributed by atoms with Crippen LogP contribution in [0.1, 0.15) is 46.0 Å². The summed E-state index contributed by atoms with van der Waals surface area (Å²) in [5.41, 5.74) is 1.00. The van der Waals surface area contributed by atoms with E-state index in [4.69, 9.17) is 4.74 Å². The van der Waals surface area contributed by atoms with Gasteiger partial charge in [-0.2, -0.15) is 0 Å². The third-order valence-corrected chi connectivity index (χ3v) is 4.68. The number of Topliss-reactive ketones (excluding diaryl/α,β-unsaturated/α-hetero) is 1. The van der Waals surface area contributed by atoms with Crippen molar-refractivity contribution in [2.45, 2.75) is 52.0 Å². The van der Waals surface area contributed by atoms with Crippen LogP contribution >= 0.6 is 0 Å². The fourth-order valence-corrected chi connectivity index (χ4v) is 3.07. The van der Waals surface area contributed by atoms with E-state index >= 15 is 0 Å². The van der Waals surface area contributed by atoms with Crippen molar-refractivity contribution in [3.05, 3.63) is 67.3 Å². The maximum atomic E-state index is 12.6. The molecule has 2 rings (SSSR count). The summed E-state index contributed by atoms with van der Waals surface area (Å²) in [5, 5.41) is 0. The average Bonchev–Trinajstić information content (AvgIpc) is 2.70. The summed E-state index contributed by atoms with van der Waals surface area (Å²) in [6.07, 6.45) is 6.97. The highest BCUT2D eigenvalue weighted by molar-refractivity contribution is 5.87. The number of carbonyl (C=O) groups is 1. The number of nitrogens with zero attached hydrogens (tertiary/aromatic N) is 1. The van der Waals surface area contributed by atoms with E-state index in [1.165, 1.54) is 12.8 Å². The molecule has 0 bridgehead atoms. The largest absolute Gasteiger partial charge is 0.457 e. The van der Waals surface area contributed by atoms with Gasteiger partial charge in [-0.3, -0.25) is 4.79 Å². The topological polar surface area (TPSA) is 29.5 Å². The molecule has 0 amide bonds. The van der Waals surface area contributed by atoms with Gasteiger partial charge in [0.15, 0.2) is 5.78 Å². The van der Waals surface area contributed by atoms with E-state index in [-0.39, 0.29) is 11.8 Å². The Morgan fingerprint density at radius 3 is 2.33 bits per heavy atom. The van der Waals surface area contributed by atoms with Crippen LogP contribution in [0.3, 0.4) is 0 Å². The molecule has 3 heteroatoms. The van der Waals surface area contributed by atoms with Gasteiger partial charge < -0.3 is 9.64 Å². The highest BCUT2D eigenvalue weighted by Crippen LogP contribution is 2.26. The quantitative estimate of drug-likeness (QED) is 0.322. The number of benzene rings is 2. The Bertz CT molecular complexity index is 694. The van der Waals surface area contributed by atoms with Crippen LogP contribution in [0, 0.1) is 0 Å². The first-order valence-electron chi connectivity index (χ1n) is 9.89. The van der Waals surface area contributed by atoms with Crippen molar-refractivity contribution in [3.8, 4) is 11.5 Å². The average molecular weight is 366 g/mol. The monoisotopic (exact) mass is 365 g/mol. The Hall–Kier alpha value is -2.55. The van der Waals surface area contributed by atoms with E-state index in [1.807, 2.05) is 67.6 Å². The lowest BCUT2D eigenvalue weighted by atomic mass is 10.0. The summed E-state index contributed by atoms with van der Waals surface area (Å²) in [6, 6.07) is 17.4. The van der Waals surface area contributed by atoms with Gasteiger partial charge in [-0.25, -0.2) is 0 Å². The molecule has 0 aliphatic rings. The lowest BCUT2D eigenvalue weighted by Gasteiger charge is -2.29. The van der Waals surface area contributed by atoms with Crippen LogP contribution in [0.15, 0.2) is 67.3 Å². The van der Waals surface area contributed by atoms with Gasteiger partial charge in [-0.15, -0.1) is 6.58 Å². The highest BCUT2D eigenvalue weighted by Gasteiger charge is 2.20. The summed E-state index contributed by atoms with van der Waals surface area (Å²) in [4.78, 5) is 14.7. The Balaban J connectivity index is 2.02. The zero-order valence-corrected chi connectivity index (χ0v) is 16.6. The molecule has 0 aliphatic carbocycles. The van der Waals surface area contributed by atoms with Crippen LogP contribution in [0.5, 0.6) is 11.5 Å². The summed E-state index contributed by atoms with van der Waals surface area (Å²) in [6.45, 7) is 8.66. The predicted molar refractivity (Wildman–Crippen MR) is 114 cm³/mol. The lowest BCUT2D eigenvalue weighted by molar-refractivity contribution is -0.120. The van der Waals surface area contributed by atoms with Gasteiger partial charge in [0, 0.05) is 18.7 Å². The molecule has 2 aromatic carbocycles. The molecule has 27 heavy (non-hydrogen) atoms. The Labute approximate surface area is 163 Å². The number of para-hydroxylation sites is 1. The number of rotatable bonds is 12. The number of carbonyl (C=O) groups excluding carboxylic acids is 1. The number of anilines is 1. The van der Waals surface area contributed by atoms with Crippen LogP contribution in [-0.4, -0.2) is 18.4 Å². The predicted octanol–water partition coefficient (Wildman–Crippen LogP) is 6.40. The number of ketones is 1. The number of hydrogen-bond acceptors (Lipinski definition) is 3. The minimum Gasteiger partial charge on any atom is -0.457 e. The molecule has 0 fully saturated rings. The number of hydrogen-bond donors (Lipinski definition) is 0. The van der Waals surface area contributed by atoms with Crippen molar-refractivity contribution in [1.82, 2.24) is 0 Å². The summed E-state index contributed by atoms with van der Waals surface area (Å²) >= 11 is 0. The second kappa shape index (κ2) is 11.2. The third kappa shape index (κ3) is 6.59. The molecule has 0 saturated carbocycles. The van der Waals surface area contributed by atoms with Gasteiger partial charge in [-0.05, 0) is 49.7 Å². The molecular weight excluding hydrogens is 334 g/mol. The van der Waals surface area contributed by atoms with Crippen LogP contribution in [0.25, 0.3) is 0 Å². The third-order valence-electron chi connectivity index (χ3n) is 4.68. The maximum Gasteiger partial charge on any atom is 0.154 e. The molecule has 2 aromatic rings. The van der Waals surface area contributed by atoms with Crippen molar-refractivity contribution in [2.24, 2.45) is 0 Å². The van der Waals surface area contributed by atoms with Gasteiger partial charge in [-0.1, -0.05) is 50.5 Å². The van der Waals surface area contributed by atoms with Crippen LogP contribution in [0.2, 0.25) is 0 Å². The molecule has 3 nitrogen and oxygen atoms in total. The van der Waals surface area contributed by atoms with Gasteiger partial charge in [0.1, 0.15) is 11.5 Å². The molecule has 1 atom stereocenters. The molecule has 0 radical (unpaired) electrons. The minimum absolute atomic E-state index is 0.162.